The predicted octanol–water partition coefficient (Wildman–Crippen LogP) is 2.51. The molecule has 1 aliphatic carbocycles. The van der Waals surface area contributed by atoms with Crippen molar-refractivity contribution in [1.82, 2.24) is 10.0 Å². The molecule has 4 nitrogen and oxygen atoms in total. The molecular formula is C15H32N2O2S. The molecular weight excluding hydrogens is 272 g/mol. The van der Waals surface area contributed by atoms with Crippen LogP contribution in [-0.4, -0.2) is 33.8 Å². The molecule has 0 radical (unpaired) electrons. The fourth-order valence-corrected chi connectivity index (χ4v) is 4.19. The summed E-state index contributed by atoms with van der Waals surface area (Å²) >= 11 is 0. The molecule has 1 rings (SSSR count). The summed E-state index contributed by atoms with van der Waals surface area (Å²) in [6.07, 6.45) is 7.86. The van der Waals surface area contributed by atoms with Gasteiger partial charge in [-0.2, -0.15) is 0 Å². The number of hydrogen-bond acceptors (Lipinski definition) is 3. The van der Waals surface area contributed by atoms with Gasteiger partial charge in [0.05, 0.1) is 5.75 Å². The van der Waals surface area contributed by atoms with Crippen molar-refractivity contribution < 1.29 is 8.42 Å². The van der Waals surface area contributed by atoms with Gasteiger partial charge in [-0.15, -0.1) is 0 Å². The summed E-state index contributed by atoms with van der Waals surface area (Å²) in [6, 6.07) is 0. The Bertz CT molecular complexity index is 344. The van der Waals surface area contributed by atoms with Gasteiger partial charge >= 0.3 is 0 Å². The van der Waals surface area contributed by atoms with E-state index in [1.54, 1.807) is 0 Å². The van der Waals surface area contributed by atoms with Crippen molar-refractivity contribution in [3.63, 3.8) is 0 Å². The Labute approximate surface area is 125 Å². The smallest absolute Gasteiger partial charge is 0.211 e. The molecule has 20 heavy (non-hydrogen) atoms. The molecule has 5 heteroatoms. The van der Waals surface area contributed by atoms with Crippen molar-refractivity contribution in [3.8, 4) is 0 Å². The average molecular weight is 305 g/mol. The van der Waals surface area contributed by atoms with Crippen molar-refractivity contribution in [2.24, 2.45) is 11.8 Å². The van der Waals surface area contributed by atoms with Crippen molar-refractivity contribution in [2.45, 2.75) is 58.8 Å². The Balaban J connectivity index is 2.09. The molecule has 120 valence electrons. The number of unbranched alkanes of at least 4 members (excludes halogenated alkanes) is 1. The van der Waals surface area contributed by atoms with E-state index < -0.39 is 10.0 Å². The second-order valence-electron chi connectivity index (χ2n) is 6.20. The van der Waals surface area contributed by atoms with Crippen LogP contribution in [0.15, 0.2) is 0 Å². The maximum Gasteiger partial charge on any atom is 0.211 e. The van der Waals surface area contributed by atoms with E-state index >= 15 is 0 Å². The SMILES string of the molecule is CCNCCCCS(=O)(=O)NCCC1CCCC(C)C1. The van der Waals surface area contributed by atoms with Gasteiger partial charge in [0.25, 0.3) is 0 Å². The molecule has 0 bridgehead atoms. The van der Waals surface area contributed by atoms with Crippen LogP contribution in [0, 0.1) is 11.8 Å². The lowest BCUT2D eigenvalue weighted by atomic mass is 9.81. The molecule has 2 N–H and O–H groups in total. The van der Waals surface area contributed by atoms with Crippen molar-refractivity contribution in [2.75, 3.05) is 25.4 Å². The van der Waals surface area contributed by atoms with E-state index in [4.69, 9.17) is 0 Å². The highest BCUT2D eigenvalue weighted by Crippen LogP contribution is 2.30. The highest BCUT2D eigenvalue weighted by Gasteiger charge is 2.19. The molecule has 0 amide bonds. The van der Waals surface area contributed by atoms with Crippen molar-refractivity contribution in [1.29, 1.82) is 0 Å². The summed E-state index contributed by atoms with van der Waals surface area (Å²) < 4.78 is 26.4. The van der Waals surface area contributed by atoms with E-state index in [9.17, 15) is 8.42 Å². The largest absolute Gasteiger partial charge is 0.317 e. The Morgan fingerprint density at radius 1 is 1.15 bits per heavy atom. The Hall–Kier alpha value is -0.130. The number of nitrogens with one attached hydrogen (secondary N) is 2. The monoisotopic (exact) mass is 304 g/mol. The van der Waals surface area contributed by atoms with Gasteiger partial charge in [0.15, 0.2) is 0 Å². The first-order valence-corrected chi connectivity index (χ1v) is 9.86. The normalized spacial score (nSPS) is 23.9. The minimum atomic E-state index is -3.06. The molecule has 0 aliphatic heterocycles. The molecule has 0 aromatic carbocycles. The van der Waals surface area contributed by atoms with E-state index in [-0.39, 0.29) is 5.75 Å². The summed E-state index contributed by atoms with van der Waals surface area (Å²) in [4.78, 5) is 0. The highest BCUT2D eigenvalue weighted by atomic mass is 32.2. The van der Waals surface area contributed by atoms with Crippen LogP contribution in [0.3, 0.4) is 0 Å². The second kappa shape index (κ2) is 9.74. The summed E-state index contributed by atoms with van der Waals surface area (Å²) in [5.41, 5.74) is 0. The molecule has 1 fully saturated rings. The maximum absolute atomic E-state index is 11.8. The first kappa shape index (κ1) is 17.9. The zero-order chi connectivity index (χ0) is 14.8. The van der Waals surface area contributed by atoms with E-state index in [0.29, 0.717) is 6.54 Å². The van der Waals surface area contributed by atoms with E-state index in [1.165, 1.54) is 25.7 Å². The van der Waals surface area contributed by atoms with Crippen LogP contribution in [0.25, 0.3) is 0 Å². The average Bonchev–Trinajstić information content (AvgIpc) is 2.38. The van der Waals surface area contributed by atoms with E-state index in [1.807, 2.05) is 0 Å². The Morgan fingerprint density at radius 2 is 1.95 bits per heavy atom. The Morgan fingerprint density at radius 3 is 2.65 bits per heavy atom. The molecule has 2 atom stereocenters. The van der Waals surface area contributed by atoms with Gasteiger partial charge in [-0.05, 0) is 50.6 Å². The lowest BCUT2D eigenvalue weighted by Crippen LogP contribution is -2.29. The number of sulfonamides is 1. The minimum Gasteiger partial charge on any atom is -0.317 e. The maximum atomic E-state index is 11.8. The number of hydrogen-bond donors (Lipinski definition) is 2. The van der Waals surface area contributed by atoms with Gasteiger partial charge in [0, 0.05) is 6.54 Å². The molecule has 0 saturated heterocycles. The van der Waals surface area contributed by atoms with E-state index in [2.05, 4.69) is 23.9 Å². The van der Waals surface area contributed by atoms with Crippen LogP contribution >= 0.6 is 0 Å². The molecule has 0 spiro atoms. The van der Waals surface area contributed by atoms with Crippen LogP contribution in [0.2, 0.25) is 0 Å². The fourth-order valence-electron chi connectivity index (χ4n) is 3.03. The molecule has 0 aromatic heterocycles. The van der Waals surface area contributed by atoms with Gasteiger partial charge in [-0.3, -0.25) is 0 Å². The van der Waals surface area contributed by atoms with Crippen LogP contribution in [0.1, 0.15) is 58.8 Å². The summed E-state index contributed by atoms with van der Waals surface area (Å²) in [5.74, 6) is 1.80. The molecule has 2 unspecified atom stereocenters. The molecule has 1 aliphatic rings. The topological polar surface area (TPSA) is 58.2 Å². The summed E-state index contributed by atoms with van der Waals surface area (Å²) in [6.45, 7) is 6.84. The van der Waals surface area contributed by atoms with Crippen molar-refractivity contribution in [3.05, 3.63) is 0 Å². The second-order valence-corrected chi connectivity index (χ2v) is 8.13. The molecule has 1 saturated carbocycles. The van der Waals surface area contributed by atoms with E-state index in [0.717, 1.165) is 44.2 Å². The van der Waals surface area contributed by atoms with Gasteiger partial charge in [-0.1, -0.05) is 33.1 Å². The lowest BCUT2D eigenvalue weighted by molar-refractivity contribution is 0.271. The predicted molar refractivity (Wildman–Crippen MR) is 85.3 cm³/mol. The zero-order valence-electron chi connectivity index (χ0n) is 13.2. The summed E-state index contributed by atoms with van der Waals surface area (Å²) in [7, 11) is -3.06. The van der Waals surface area contributed by atoms with Gasteiger partial charge < -0.3 is 5.32 Å². The highest BCUT2D eigenvalue weighted by molar-refractivity contribution is 7.89. The third-order valence-electron chi connectivity index (χ3n) is 4.19. The third kappa shape index (κ3) is 8.22. The fraction of sp³-hybridized carbons (Fsp3) is 1.00. The first-order chi connectivity index (χ1) is 9.53. The lowest BCUT2D eigenvalue weighted by Gasteiger charge is -2.26. The van der Waals surface area contributed by atoms with Gasteiger partial charge in [0.1, 0.15) is 0 Å². The third-order valence-corrected chi connectivity index (χ3v) is 5.66. The quantitative estimate of drug-likeness (QED) is 0.610. The van der Waals surface area contributed by atoms with Crippen LogP contribution in [-0.2, 0) is 10.0 Å². The van der Waals surface area contributed by atoms with Crippen molar-refractivity contribution >= 4 is 10.0 Å². The summed E-state index contributed by atoms with van der Waals surface area (Å²) in [5, 5.41) is 3.21. The Kier molecular flexibility index (Phi) is 8.73. The number of rotatable bonds is 10. The van der Waals surface area contributed by atoms with Crippen LogP contribution < -0.4 is 10.0 Å². The van der Waals surface area contributed by atoms with Gasteiger partial charge in [0.2, 0.25) is 10.0 Å². The van der Waals surface area contributed by atoms with Crippen LogP contribution in [0.4, 0.5) is 0 Å². The zero-order valence-corrected chi connectivity index (χ0v) is 14.0. The van der Waals surface area contributed by atoms with Crippen LogP contribution in [0.5, 0.6) is 0 Å². The molecule has 0 heterocycles. The standard InChI is InChI=1S/C15H32N2O2S/c1-3-16-10-4-5-12-20(18,19)17-11-9-15-8-6-7-14(2)13-15/h14-17H,3-13H2,1-2H3. The minimum absolute atomic E-state index is 0.263. The van der Waals surface area contributed by atoms with Gasteiger partial charge in [-0.25, -0.2) is 13.1 Å². The first-order valence-electron chi connectivity index (χ1n) is 8.21. The molecule has 0 aromatic rings.